The van der Waals surface area contributed by atoms with E-state index in [1.165, 1.54) is 0 Å². The van der Waals surface area contributed by atoms with Crippen LogP contribution < -0.4 is 15.8 Å². The van der Waals surface area contributed by atoms with Gasteiger partial charge in [-0.15, -0.1) is 0 Å². The lowest BCUT2D eigenvalue weighted by Gasteiger charge is -2.09. The van der Waals surface area contributed by atoms with Crippen molar-refractivity contribution >= 4 is 17.5 Å². The molecule has 1 aromatic carbocycles. The minimum absolute atomic E-state index is 0.315. The Bertz CT molecular complexity index is 353. The summed E-state index contributed by atoms with van der Waals surface area (Å²) in [4.78, 5) is 11.1. The number of nitrogen functional groups attached to an aromatic ring is 1. The minimum Gasteiger partial charge on any atom is -0.497 e. The van der Waals surface area contributed by atoms with Crippen LogP contribution in [0, 0.1) is 0 Å². The number of carbonyl (C=O) groups excluding carboxylic acids is 1. The third-order valence-electron chi connectivity index (χ3n) is 1.77. The van der Waals surface area contributed by atoms with Crippen LogP contribution in [0.1, 0.15) is 6.92 Å². The number of hydrogen-bond donors (Lipinski definition) is 2. The van der Waals surface area contributed by atoms with E-state index in [0.717, 1.165) is 0 Å². The maximum Gasteiger partial charge on any atom is 0.411 e. The number of anilines is 2. The normalized spacial score (nSPS) is 9.47. The number of amides is 1. The van der Waals surface area contributed by atoms with Gasteiger partial charge in [-0.05, 0) is 19.1 Å². The third kappa shape index (κ3) is 3.05. The molecule has 0 aliphatic carbocycles. The second-order valence-electron chi connectivity index (χ2n) is 2.80. The molecule has 0 saturated heterocycles. The van der Waals surface area contributed by atoms with E-state index < -0.39 is 6.09 Å². The Hall–Kier alpha value is -1.91. The highest BCUT2D eigenvalue weighted by Gasteiger charge is 2.06. The SMILES string of the molecule is CCOC(=O)Nc1cc(OC)ccc1N. The van der Waals surface area contributed by atoms with E-state index in [1.807, 2.05) is 0 Å². The molecule has 0 spiro atoms. The molecule has 0 saturated carbocycles. The Morgan fingerprint density at radius 3 is 2.87 bits per heavy atom. The Kier molecular flexibility index (Phi) is 3.79. The van der Waals surface area contributed by atoms with E-state index >= 15 is 0 Å². The van der Waals surface area contributed by atoms with Gasteiger partial charge in [-0.1, -0.05) is 0 Å². The number of methoxy groups -OCH3 is 1. The van der Waals surface area contributed by atoms with Crippen molar-refractivity contribution in [2.45, 2.75) is 6.92 Å². The summed E-state index contributed by atoms with van der Waals surface area (Å²) in [6, 6.07) is 5.00. The van der Waals surface area contributed by atoms with E-state index in [1.54, 1.807) is 32.2 Å². The van der Waals surface area contributed by atoms with Gasteiger partial charge in [0.1, 0.15) is 5.75 Å². The zero-order valence-electron chi connectivity index (χ0n) is 8.74. The summed E-state index contributed by atoms with van der Waals surface area (Å²) in [6.45, 7) is 2.05. The van der Waals surface area contributed by atoms with Crippen molar-refractivity contribution in [2.75, 3.05) is 24.8 Å². The van der Waals surface area contributed by atoms with Crippen molar-refractivity contribution in [1.82, 2.24) is 0 Å². The molecular formula is C10H14N2O3. The first-order valence-corrected chi connectivity index (χ1v) is 4.54. The quantitative estimate of drug-likeness (QED) is 0.746. The number of nitrogens with two attached hydrogens (primary N) is 1. The molecule has 0 fully saturated rings. The van der Waals surface area contributed by atoms with Crippen LogP contribution in [0.2, 0.25) is 0 Å². The molecule has 0 bridgehead atoms. The molecule has 1 rings (SSSR count). The van der Waals surface area contributed by atoms with Gasteiger partial charge in [0.15, 0.2) is 0 Å². The van der Waals surface area contributed by atoms with Gasteiger partial charge in [-0.3, -0.25) is 5.32 Å². The standard InChI is InChI=1S/C10H14N2O3/c1-3-15-10(13)12-9-6-7(14-2)4-5-8(9)11/h4-6H,3,11H2,1-2H3,(H,12,13). The second kappa shape index (κ2) is 5.09. The predicted molar refractivity (Wildman–Crippen MR) is 58.1 cm³/mol. The van der Waals surface area contributed by atoms with Crippen molar-refractivity contribution in [3.8, 4) is 5.75 Å². The zero-order valence-corrected chi connectivity index (χ0v) is 8.74. The van der Waals surface area contributed by atoms with Gasteiger partial charge in [0.2, 0.25) is 0 Å². The van der Waals surface area contributed by atoms with Gasteiger partial charge in [0.25, 0.3) is 0 Å². The fourth-order valence-corrected chi connectivity index (χ4v) is 1.05. The zero-order chi connectivity index (χ0) is 11.3. The Labute approximate surface area is 88.2 Å². The lowest BCUT2D eigenvalue weighted by Crippen LogP contribution is -2.14. The average molecular weight is 210 g/mol. The number of rotatable bonds is 3. The first-order valence-electron chi connectivity index (χ1n) is 4.54. The largest absolute Gasteiger partial charge is 0.497 e. The predicted octanol–water partition coefficient (Wildman–Crippen LogP) is 1.85. The lowest BCUT2D eigenvalue weighted by molar-refractivity contribution is 0.168. The van der Waals surface area contributed by atoms with Crippen LogP contribution >= 0.6 is 0 Å². The molecule has 5 nitrogen and oxygen atoms in total. The molecule has 82 valence electrons. The van der Waals surface area contributed by atoms with Crippen molar-refractivity contribution in [3.63, 3.8) is 0 Å². The molecule has 0 aliphatic heterocycles. The monoisotopic (exact) mass is 210 g/mol. The Balaban J connectivity index is 2.79. The summed E-state index contributed by atoms with van der Waals surface area (Å²) in [5, 5.41) is 2.52. The molecule has 1 amide bonds. The van der Waals surface area contributed by atoms with Crippen molar-refractivity contribution in [2.24, 2.45) is 0 Å². The summed E-state index contributed by atoms with van der Waals surface area (Å²) < 4.78 is 9.73. The molecule has 15 heavy (non-hydrogen) atoms. The van der Waals surface area contributed by atoms with Gasteiger partial charge in [0, 0.05) is 6.07 Å². The van der Waals surface area contributed by atoms with Crippen LogP contribution in [0.4, 0.5) is 16.2 Å². The topological polar surface area (TPSA) is 73.6 Å². The molecule has 3 N–H and O–H groups in total. The number of ether oxygens (including phenoxy) is 2. The van der Waals surface area contributed by atoms with E-state index in [9.17, 15) is 4.79 Å². The summed E-state index contributed by atoms with van der Waals surface area (Å²) in [6.07, 6.45) is -0.530. The molecule has 0 unspecified atom stereocenters. The maximum atomic E-state index is 11.1. The smallest absolute Gasteiger partial charge is 0.411 e. The molecule has 0 atom stereocenters. The Morgan fingerprint density at radius 2 is 2.27 bits per heavy atom. The van der Waals surface area contributed by atoms with Crippen LogP contribution in [0.5, 0.6) is 5.75 Å². The molecule has 0 heterocycles. The molecule has 0 aliphatic rings. The summed E-state index contributed by atoms with van der Waals surface area (Å²) in [5.41, 5.74) is 6.60. The summed E-state index contributed by atoms with van der Waals surface area (Å²) >= 11 is 0. The maximum absolute atomic E-state index is 11.1. The van der Waals surface area contributed by atoms with E-state index in [4.69, 9.17) is 15.2 Å². The van der Waals surface area contributed by atoms with Crippen LogP contribution in [0.3, 0.4) is 0 Å². The van der Waals surface area contributed by atoms with Gasteiger partial charge in [-0.25, -0.2) is 4.79 Å². The van der Waals surface area contributed by atoms with Gasteiger partial charge < -0.3 is 15.2 Å². The third-order valence-corrected chi connectivity index (χ3v) is 1.77. The number of carbonyl (C=O) groups is 1. The fraction of sp³-hybridized carbons (Fsp3) is 0.300. The second-order valence-corrected chi connectivity index (χ2v) is 2.80. The summed E-state index contributed by atoms with van der Waals surface area (Å²) in [5.74, 6) is 0.621. The van der Waals surface area contributed by atoms with Gasteiger partial charge in [-0.2, -0.15) is 0 Å². The van der Waals surface area contributed by atoms with Crippen molar-refractivity contribution in [1.29, 1.82) is 0 Å². The highest BCUT2D eigenvalue weighted by Crippen LogP contribution is 2.24. The van der Waals surface area contributed by atoms with Crippen molar-refractivity contribution < 1.29 is 14.3 Å². The van der Waals surface area contributed by atoms with Crippen LogP contribution in [-0.4, -0.2) is 19.8 Å². The van der Waals surface area contributed by atoms with Crippen LogP contribution in [-0.2, 0) is 4.74 Å². The van der Waals surface area contributed by atoms with E-state index in [0.29, 0.717) is 23.7 Å². The number of hydrogen-bond acceptors (Lipinski definition) is 4. The first kappa shape index (κ1) is 11.2. The molecule has 0 radical (unpaired) electrons. The highest BCUT2D eigenvalue weighted by atomic mass is 16.5. The molecule has 1 aromatic rings. The summed E-state index contributed by atoms with van der Waals surface area (Å²) in [7, 11) is 1.54. The molecule has 5 heteroatoms. The highest BCUT2D eigenvalue weighted by molar-refractivity contribution is 5.89. The minimum atomic E-state index is -0.530. The van der Waals surface area contributed by atoms with E-state index in [2.05, 4.69) is 5.32 Å². The number of benzene rings is 1. The fourth-order valence-electron chi connectivity index (χ4n) is 1.05. The van der Waals surface area contributed by atoms with Gasteiger partial charge >= 0.3 is 6.09 Å². The van der Waals surface area contributed by atoms with E-state index in [-0.39, 0.29) is 0 Å². The van der Waals surface area contributed by atoms with Crippen molar-refractivity contribution in [3.05, 3.63) is 18.2 Å². The van der Waals surface area contributed by atoms with Crippen LogP contribution in [0.25, 0.3) is 0 Å². The molecule has 0 aromatic heterocycles. The van der Waals surface area contributed by atoms with Crippen LogP contribution in [0.15, 0.2) is 18.2 Å². The number of nitrogens with one attached hydrogen (secondary N) is 1. The molecular weight excluding hydrogens is 196 g/mol. The lowest BCUT2D eigenvalue weighted by atomic mass is 10.2. The van der Waals surface area contributed by atoms with Gasteiger partial charge in [0.05, 0.1) is 25.1 Å². The Morgan fingerprint density at radius 1 is 1.53 bits per heavy atom. The average Bonchev–Trinajstić information content (AvgIpc) is 2.21. The first-order chi connectivity index (χ1) is 7.17.